The summed E-state index contributed by atoms with van der Waals surface area (Å²) >= 11 is 3.91. The van der Waals surface area contributed by atoms with Crippen molar-refractivity contribution >= 4 is 39.7 Å². The van der Waals surface area contributed by atoms with E-state index in [1.807, 2.05) is 6.92 Å². The Morgan fingerprint density at radius 3 is 2.39 bits per heavy atom. The van der Waals surface area contributed by atoms with Crippen molar-refractivity contribution in [2.24, 2.45) is 0 Å². The van der Waals surface area contributed by atoms with Crippen LogP contribution in [0.25, 0.3) is 10.7 Å². The summed E-state index contributed by atoms with van der Waals surface area (Å²) < 4.78 is 0.934. The predicted octanol–water partition coefficient (Wildman–Crippen LogP) is 4.00. The first-order chi connectivity index (χ1) is 8.29. The molecule has 0 atom stereocenters. The van der Waals surface area contributed by atoms with E-state index >= 15 is 0 Å². The van der Waals surface area contributed by atoms with Crippen LogP contribution in [0.4, 0.5) is 5.82 Å². The van der Waals surface area contributed by atoms with Gasteiger partial charge < -0.3 is 5.73 Å². The second kappa shape index (κ2) is 4.77. The van der Waals surface area contributed by atoms with Crippen LogP contribution in [0.3, 0.4) is 0 Å². The third-order valence-electron chi connectivity index (χ3n) is 2.61. The van der Waals surface area contributed by atoms with Crippen LogP contribution in [0.15, 0.2) is 12.1 Å². The molecule has 0 spiro atoms. The second-order valence-corrected chi connectivity index (χ2v) is 7.41. The zero-order valence-electron chi connectivity index (χ0n) is 10.9. The molecule has 3 nitrogen and oxygen atoms in total. The van der Waals surface area contributed by atoms with E-state index in [9.17, 15) is 0 Å². The van der Waals surface area contributed by atoms with Crippen molar-refractivity contribution in [3.8, 4) is 10.7 Å². The molecular formula is C13H16IN3S. The summed E-state index contributed by atoms with van der Waals surface area (Å²) in [6, 6.07) is 4.22. The number of aryl methyl sites for hydroxylation is 1. The van der Waals surface area contributed by atoms with Crippen LogP contribution in [-0.4, -0.2) is 9.97 Å². The molecule has 2 N–H and O–H groups in total. The van der Waals surface area contributed by atoms with Crippen LogP contribution < -0.4 is 5.73 Å². The van der Waals surface area contributed by atoms with Crippen molar-refractivity contribution in [3.63, 3.8) is 0 Å². The third kappa shape index (κ3) is 2.66. The molecule has 0 aliphatic rings. The fraction of sp³-hybridized carbons (Fsp3) is 0.385. The number of aromatic nitrogens is 2. The quantitative estimate of drug-likeness (QED) is 0.769. The molecule has 0 aliphatic heterocycles. The number of thiophene rings is 1. The van der Waals surface area contributed by atoms with Gasteiger partial charge in [-0.2, -0.15) is 0 Å². The van der Waals surface area contributed by atoms with Crippen molar-refractivity contribution in [1.29, 1.82) is 0 Å². The van der Waals surface area contributed by atoms with Gasteiger partial charge in [0, 0.05) is 4.88 Å². The molecule has 0 aliphatic carbocycles. The maximum absolute atomic E-state index is 5.90. The van der Waals surface area contributed by atoms with Crippen LogP contribution >= 0.6 is 33.9 Å². The molecule has 0 radical (unpaired) electrons. The number of hydrogen-bond donors (Lipinski definition) is 1. The number of nitrogens with two attached hydrogens (primary N) is 1. The first-order valence-electron chi connectivity index (χ1n) is 5.69. The second-order valence-electron chi connectivity index (χ2n) is 5.25. The van der Waals surface area contributed by atoms with Crippen molar-refractivity contribution in [3.05, 3.63) is 26.3 Å². The summed E-state index contributed by atoms with van der Waals surface area (Å²) in [6.07, 6.45) is 0. The van der Waals surface area contributed by atoms with E-state index in [-0.39, 0.29) is 5.41 Å². The first kappa shape index (κ1) is 13.7. The van der Waals surface area contributed by atoms with Crippen molar-refractivity contribution in [2.75, 3.05) is 5.73 Å². The highest BCUT2D eigenvalue weighted by molar-refractivity contribution is 14.1. The predicted molar refractivity (Wildman–Crippen MR) is 85.9 cm³/mol. The van der Waals surface area contributed by atoms with E-state index in [1.165, 1.54) is 4.88 Å². The smallest absolute Gasteiger partial charge is 0.171 e. The lowest BCUT2D eigenvalue weighted by molar-refractivity contribution is 0.604. The van der Waals surface area contributed by atoms with Gasteiger partial charge in [-0.3, -0.25) is 0 Å². The fourth-order valence-electron chi connectivity index (χ4n) is 1.55. The number of rotatable bonds is 1. The van der Waals surface area contributed by atoms with Gasteiger partial charge in [0.1, 0.15) is 5.82 Å². The Kier molecular flexibility index (Phi) is 3.64. The summed E-state index contributed by atoms with van der Waals surface area (Å²) in [5, 5.41) is 0. The highest BCUT2D eigenvalue weighted by Crippen LogP contribution is 2.34. The SMILES string of the molecule is Cc1nc(-c2ccc(C(C)(C)C)s2)nc(N)c1I. The minimum atomic E-state index is 0.159. The molecular weight excluding hydrogens is 357 g/mol. The molecule has 2 heterocycles. The van der Waals surface area contributed by atoms with Gasteiger partial charge in [0.2, 0.25) is 0 Å². The molecule has 0 aromatic carbocycles. The third-order valence-corrected chi connectivity index (χ3v) is 5.45. The van der Waals surface area contributed by atoms with Gasteiger partial charge in [-0.15, -0.1) is 11.3 Å². The summed E-state index contributed by atoms with van der Waals surface area (Å²) in [5.41, 5.74) is 6.99. The number of anilines is 1. The Hall–Kier alpha value is -0.690. The average Bonchev–Trinajstić information content (AvgIpc) is 2.73. The van der Waals surface area contributed by atoms with Crippen LogP contribution in [-0.2, 0) is 5.41 Å². The zero-order chi connectivity index (χ0) is 13.5. The Morgan fingerprint density at radius 2 is 1.89 bits per heavy atom. The largest absolute Gasteiger partial charge is 0.383 e. The highest BCUT2D eigenvalue weighted by atomic mass is 127. The lowest BCUT2D eigenvalue weighted by Gasteiger charge is -2.15. The lowest BCUT2D eigenvalue weighted by Crippen LogP contribution is -2.07. The topological polar surface area (TPSA) is 51.8 Å². The number of nitrogens with zero attached hydrogens (tertiary/aromatic N) is 2. The van der Waals surface area contributed by atoms with Crippen LogP contribution in [0.5, 0.6) is 0 Å². The summed E-state index contributed by atoms with van der Waals surface area (Å²) in [6.45, 7) is 8.58. The summed E-state index contributed by atoms with van der Waals surface area (Å²) in [7, 11) is 0. The molecule has 2 aromatic heterocycles. The molecule has 0 fully saturated rings. The zero-order valence-corrected chi connectivity index (χ0v) is 13.9. The Balaban J connectivity index is 2.47. The molecule has 0 saturated heterocycles. The van der Waals surface area contributed by atoms with Crippen LogP contribution in [0, 0.1) is 10.5 Å². The van der Waals surface area contributed by atoms with E-state index in [4.69, 9.17) is 5.73 Å². The molecule has 0 unspecified atom stereocenters. The van der Waals surface area contributed by atoms with E-state index in [0.717, 1.165) is 20.0 Å². The van der Waals surface area contributed by atoms with Gasteiger partial charge in [0.25, 0.3) is 0 Å². The normalized spacial score (nSPS) is 11.8. The minimum Gasteiger partial charge on any atom is -0.383 e. The first-order valence-corrected chi connectivity index (χ1v) is 7.59. The van der Waals surface area contributed by atoms with Gasteiger partial charge in [-0.1, -0.05) is 20.8 Å². The molecule has 0 saturated carbocycles. The van der Waals surface area contributed by atoms with E-state index in [1.54, 1.807) is 11.3 Å². The lowest BCUT2D eigenvalue weighted by atomic mass is 9.95. The van der Waals surface area contributed by atoms with Crippen molar-refractivity contribution in [2.45, 2.75) is 33.1 Å². The van der Waals surface area contributed by atoms with Crippen LogP contribution in [0.1, 0.15) is 31.3 Å². The molecule has 96 valence electrons. The molecule has 2 aromatic rings. The van der Waals surface area contributed by atoms with Crippen LogP contribution in [0.2, 0.25) is 0 Å². The van der Waals surface area contributed by atoms with E-state index in [2.05, 4.69) is 65.5 Å². The average molecular weight is 373 g/mol. The van der Waals surface area contributed by atoms with E-state index < -0.39 is 0 Å². The monoisotopic (exact) mass is 373 g/mol. The highest BCUT2D eigenvalue weighted by Gasteiger charge is 2.18. The van der Waals surface area contributed by atoms with E-state index in [0.29, 0.717) is 5.82 Å². The van der Waals surface area contributed by atoms with Gasteiger partial charge in [-0.05, 0) is 47.1 Å². The van der Waals surface area contributed by atoms with Crippen molar-refractivity contribution in [1.82, 2.24) is 9.97 Å². The molecule has 0 amide bonds. The number of hydrogen-bond acceptors (Lipinski definition) is 4. The molecule has 2 rings (SSSR count). The summed E-state index contributed by atoms with van der Waals surface area (Å²) in [4.78, 5) is 11.3. The standard InChI is InChI=1S/C13H16IN3S/c1-7-10(14)11(15)17-12(16-7)8-5-6-9(18-8)13(2,3)4/h5-6H,1-4H3,(H2,15,16,17). The van der Waals surface area contributed by atoms with Crippen molar-refractivity contribution < 1.29 is 0 Å². The minimum absolute atomic E-state index is 0.159. The Bertz CT molecular complexity index is 561. The molecule has 5 heteroatoms. The molecule has 18 heavy (non-hydrogen) atoms. The fourth-order valence-corrected chi connectivity index (χ4v) is 2.79. The Labute approximate surface area is 125 Å². The number of nitrogen functional groups attached to an aromatic ring is 1. The molecule has 0 bridgehead atoms. The maximum atomic E-state index is 5.90. The van der Waals surface area contributed by atoms with Gasteiger partial charge >= 0.3 is 0 Å². The maximum Gasteiger partial charge on any atom is 0.171 e. The number of halogens is 1. The van der Waals surface area contributed by atoms with Gasteiger partial charge in [0.15, 0.2) is 5.82 Å². The van der Waals surface area contributed by atoms with Gasteiger partial charge in [0.05, 0.1) is 14.1 Å². The summed E-state index contributed by atoms with van der Waals surface area (Å²) in [5.74, 6) is 1.29. The Morgan fingerprint density at radius 1 is 1.22 bits per heavy atom. The van der Waals surface area contributed by atoms with Gasteiger partial charge in [-0.25, -0.2) is 9.97 Å².